The summed E-state index contributed by atoms with van der Waals surface area (Å²) >= 11 is 0. The minimum Gasteiger partial charge on any atom is -0.371 e. The van der Waals surface area contributed by atoms with Crippen LogP contribution in [0.1, 0.15) is 58.6 Å². The van der Waals surface area contributed by atoms with Crippen molar-refractivity contribution in [1.82, 2.24) is 0 Å². The fraction of sp³-hybridized carbons (Fsp3) is 0.667. The number of benzene rings is 1. The van der Waals surface area contributed by atoms with Crippen molar-refractivity contribution in [1.29, 1.82) is 0 Å². The number of rotatable bonds is 2. The molecule has 1 aromatic carbocycles. The zero-order chi connectivity index (χ0) is 15.6. The fourth-order valence-corrected chi connectivity index (χ4v) is 3.46. The first-order chi connectivity index (χ1) is 9.80. The standard InChI is InChI=1S/C18H29FN2/c1-13(20)17-15(19)8-5-9-16(17)21-11-6-7-14(10-12-21)18(2,3)4/h5,8-9,13-14H,6-7,10-12,20H2,1-4H3. The zero-order valence-electron chi connectivity index (χ0n) is 13.8. The van der Waals surface area contributed by atoms with E-state index in [-0.39, 0.29) is 11.9 Å². The summed E-state index contributed by atoms with van der Waals surface area (Å²) in [6, 6.07) is 5.04. The van der Waals surface area contributed by atoms with Crippen molar-refractivity contribution < 1.29 is 4.39 Å². The van der Waals surface area contributed by atoms with E-state index in [1.807, 2.05) is 13.0 Å². The number of nitrogens with zero attached hydrogens (tertiary/aromatic N) is 1. The lowest BCUT2D eigenvalue weighted by atomic mass is 9.77. The van der Waals surface area contributed by atoms with Gasteiger partial charge in [0.25, 0.3) is 0 Å². The Morgan fingerprint density at radius 3 is 2.57 bits per heavy atom. The Balaban J connectivity index is 2.22. The van der Waals surface area contributed by atoms with Crippen molar-refractivity contribution in [3.8, 4) is 0 Å². The average Bonchev–Trinajstić information content (AvgIpc) is 2.63. The highest BCUT2D eigenvalue weighted by molar-refractivity contribution is 5.55. The van der Waals surface area contributed by atoms with Gasteiger partial charge in [0.15, 0.2) is 0 Å². The van der Waals surface area contributed by atoms with Crippen molar-refractivity contribution in [3.05, 3.63) is 29.6 Å². The second kappa shape index (κ2) is 6.35. The highest BCUT2D eigenvalue weighted by Crippen LogP contribution is 2.36. The maximum absolute atomic E-state index is 14.1. The SMILES string of the molecule is CC(N)c1c(F)cccc1N1CCCC(C(C)(C)C)CC1. The summed E-state index contributed by atoms with van der Waals surface area (Å²) in [4.78, 5) is 2.33. The summed E-state index contributed by atoms with van der Waals surface area (Å²) in [5.41, 5.74) is 7.98. The van der Waals surface area contributed by atoms with Crippen LogP contribution in [0.15, 0.2) is 18.2 Å². The summed E-state index contributed by atoms with van der Waals surface area (Å²) in [6.07, 6.45) is 3.58. The van der Waals surface area contributed by atoms with Gasteiger partial charge in [0, 0.05) is 30.4 Å². The Morgan fingerprint density at radius 1 is 1.24 bits per heavy atom. The molecule has 0 spiro atoms. The molecule has 0 amide bonds. The molecule has 1 aromatic rings. The number of nitrogens with two attached hydrogens (primary N) is 1. The first kappa shape index (κ1) is 16.3. The Hall–Kier alpha value is -1.09. The first-order valence-corrected chi connectivity index (χ1v) is 8.09. The van der Waals surface area contributed by atoms with Crippen LogP contribution in [0, 0.1) is 17.2 Å². The summed E-state index contributed by atoms with van der Waals surface area (Å²) in [5, 5.41) is 0. The lowest BCUT2D eigenvalue weighted by Gasteiger charge is -2.30. The second-order valence-electron chi connectivity index (χ2n) is 7.44. The largest absolute Gasteiger partial charge is 0.371 e. The van der Waals surface area contributed by atoms with Crippen LogP contribution in [-0.2, 0) is 0 Å². The molecule has 3 heteroatoms. The Bertz CT molecular complexity index is 477. The van der Waals surface area contributed by atoms with Gasteiger partial charge >= 0.3 is 0 Å². The third-order valence-electron chi connectivity index (χ3n) is 4.78. The zero-order valence-corrected chi connectivity index (χ0v) is 13.8. The van der Waals surface area contributed by atoms with Crippen LogP contribution in [0.25, 0.3) is 0 Å². The molecule has 0 aromatic heterocycles. The van der Waals surface area contributed by atoms with Gasteiger partial charge in [0.1, 0.15) is 5.82 Å². The van der Waals surface area contributed by atoms with Crippen LogP contribution in [0.2, 0.25) is 0 Å². The van der Waals surface area contributed by atoms with Crippen LogP contribution in [0.3, 0.4) is 0 Å². The van der Waals surface area contributed by atoms with Gasteiger partial charge in [-0.25, -0.2) is 4.39 Å². The Labute approximate surface area is 128 Å². The predicted octanol–water partition coefficient (Wildman–Crippen LogP) is 4.50. The van der Waals surface area contributed by atoms with Crippen LogP contribution in [0.4, 0.5) is 10.1 Å². The maximum atomic E-state index is 14.1. The van der Waals surface area contributed by atoms with Gasteiger partial charge in [-0.1, -0.05) is 26.8 Å². The van der Waals surface area contributed by atoms with E-state index in [2.05, 4.69) is 25.7 Å². The lowest BCUT2D eigenvalue weighted by molar-refractivity contribution is 0.220. The van der Waals surface area contributed by atoms with E-state index in [4.69, 9.17) is 5.73 Å². The van der Waals surface area contributed by atoms with Gasteiger partial charge in [0.2, 0.25) is 0 Å². The molecule has 1 heterocycles. The highest BCUT2D eigenvalue weighted by atomic mass is 19.1. The Morgan fingerprint density at radius 2 is 1.95 bits per heavy atom. The molecule has 1 aliphatic rings. The average molecular weight is 292 g/mol. The molecular weight excluding hydrogens is 263 g/mol. The monoisotopic (exact) mass is 292 g/mol. The van der Waals surface area contributed by atoms with Crippen LogP contribution in [0.5, 0.6) is 0 Å². The van der Waals surface area contributed by atoms with Gasteiger partial charge in [0.05, 0.1) is 0 Å². The molecule has 118 valence electrons. The molecule has 2 rings (SSSR count). The third-order valence-corrected chi connectivity index (χ3v) is 4.78. The summed E-state index contributed by atoms with van der Waals surface area (Å²) < 4.78 is 14.1. The lowest BCUT2D eigenvalue weighted by Crippen LogP contribution is -2.28. The van der Waals surface area contributed by atoms with Gasteiger partial charge in [-0.3, -0.25) is 0 Å². The quantitative estimate of drug-likeness (QED) is 0.869. The number of halogens is 1. The van der Waals surface area contributed by atoms with Crippen molar-refractivity contribution >= 4 is 5.69 Å². The highest BCUT2D eigenvalue weighted by Gasteiger charge is 2.28. The van der Waals surface area contributed by atoms with Crippen LogP contribution in [-0.4, -0.2) is 13.1 Å². The summed E-state index contributed by atoms with van der Waals surface area (Å²) in [7, 11) is 0. The molecule has 1 saturated heterocycles. The minimum atomic E-state index is -0.275. The van der Waals surface area contributed by atoms with E-state index in [0.717, 1.165) is 31.1 Å². The van der Waals surface area contributed by atoms with E-state index in [0.29, 0.717) is 11.0 Å². The molecule has 1 aliphatic heterocycles. The van der Waals surface area contributed by atoms with Gasteiger partial charge in [-0.2, -0.15) is 0 Å². The molecule has 2 atom stereocenters. The summed E-state index contributed by atoms with van der Waals surface area (Å²) in [6.45, 7) is 10.8. The fourth-order valence-electron chi connectivity index (χ4n) is 3.46. The maximum Gasteiger partial charge on any atom is 0.130 e. The molecule has 0 saturated carbocycles. The smallest absolute Gasteiger partial charge is 0.130 e. The summed E-state index contributed by atoms with van der Waals surface area (Å²) in [5.74, 6) is 0.550. The van der Waals surface area contributed by atoms with E-state index in [1.54, 1.807) is 6.07 Å². The normalized spacial score (nSPS) is 22.0. The van der Waals surface area contributed by atoms with Gasteiger partial charge in [-0.15, -0.1) is 0 Å². The molecule has 1 fully saturated rings. The molecule has 0 bridgehead atoms. The van der Waals surface area contributed by atoms with Crippen LogP contribution >= 0.6 is 0 Å². The minimum absolute atomic E-state index is 0.181. The second-order valence-corrected chi connectivity index (χ2v) is 7.44. The first-order valence-electron chi connectivity index (χ1n) is 8.09. The molecule has 0 aliphatic carbocycles. The molecule has 21 heavy (non-hydrogen) atoms. The molecule has 0 radical (unpaired) electrons. The van der Waals surface area contributed by atoms with E-state index in [9.17, 15) is 4.39 Å². The molecular formula is C18H29FN2. The van der Waals surface area contributed by atoms with Crippen molar-refractivity contribution in [3.63, 3.8) is 0 Å². The molecule has 2 nitrogen and oxygen atoms in total. The van der Waals surface area contributed by atoms with Crippen LogP contribution < -0.4 is 10.6 Å². The molecule has 2 unspecified atom stereocenters. The third kappa shape index (κ3) is 3.76. The van der Waals surface area contributed by atoms with Crippen molar-refractivity contribution in [2.45, 2.75) is 53.0 Å². The van der Waals surface area contributed by atoms with E-state index >= 15 is 0 Å². The number of hydrogen-bond donors (Lipinski definition) is 1. The van der Waals surface area contributed by atoms with Crippen molar-refractivity contribution in [2.24, 2.45) is 17.1 Å². The topological polar surface area (TPSA) is 29.3 Å². The van der Waals surface area contributed by atoms with Gasteiger partial charge < -0.3 is 10.6 Å². The predicted molar refractivity (Wildman–Crippen MR) is 88.0 cm³/mol. The Kier molecular flexibility index (Phi) is 4.92. The number of anilines is 1. The number of hydrogen-bond acceptors (Lipinski definition) is 2. The van der Waals surface area contributed by atoms with E-state index < -0.39 is 0 Å². The van der Waals surface area contributed by atoms with Gasteiger partial charge in [-0.05, 0) is 49.7 Å². The van der Waals surface area contributed by atoms with E-state index in [1.165, 1.54) is 18.9 Å². The van der Waals surface area contributed by atoms with Crippen molar-refractivity contribution in [2.75, 3.05) is 18.0 Å². The molecule has 2 N–H and O–H groups in total.